The van der Waals surface area contributed by atoms with Gasteiger partial charge in [0.15, 0.2) is 0 Å². The minimum absolute atomic E-state index is 0.559. The quantitative estimate of drug-likeness (QED) is 0.532. The Morgan fingerprint density at radius 3 is 3.11 bits per heavy atom. The van der Waals surface area contributed by atoms with Crippen LogP contribution in [0.4, 0.5) is 0 Å². The van der Waals surface area contributed by atoms with Gasteiger partial charge < -0.3 is 5.73 Å². The molecule has 1 aliphatic heterocycles. The summed E-state index contributed by atoms with van der Waals surface area (Å²) in [4.78, 5) is 0. The van der Waals surface area contributed by atoms with Crippen LogP contribution in [-0.4, -0.2) is 19.1 Å². The summed E-state index contributed by atoms with van der Waals surface area (Å²) < 4.78 is 0. The summed E-state index contributed by atoms with van der Waals surface area (Å²) in [6.45, 7) is 1.74. The summed E-state index contributed by atoms with van der Waals surface area (Å²) in [5.41, 5.74) is 12.5. The molecule has 3 nitrogen and oxygen atoms in total. The first kappa shape index (κ1) is 6.99. The van der Waals surface area contributed by atoms with E-state index in [0.29, 0.717) is 6.04 Å². The van der Waals surface area contributed by atoms with Crippen LogP contribution in [0.3, 0.4) is 0 Å². The minimum atomic E-state index is 0.559. The summed E-state index contributed by atoms with van der Waals surface area (Å²) in [6.07, 6.45) is 3.52. The molecule has 1 rings (SSSR count). The van der Waals surface area contributed by atoms with E-state index < -0.39 is 0 Å². The van der Waals surface area contributed by atoms with Gasteiger partial charge in [0.05, 0.1) is 0 Å². The molecule has 0 saturated carbocycles. The normalized spacial score (nSPS) is 28.3. The number of rotatable bonds is 2. The fourth-order valence-corrected chi connectivity index (χ4v) is 1.09. The highest BCUT2D eigenvalue weighted by atomic mass is 15.4. The molecule has 1 fully saturated rings. The lowest BCUT2D eigenvalue weighted by molar-refractivity contribution is 0.325. The first-order valence-electron chi connectivity index (χ1n) is 3.55. The van der Waals surface area contributed by atoms with E-state index in [2.05, 4.69) is 10.9 Å². The topological polar surface area (TPSA) is 52.2 Å². The van der Waals surface area contributed by atoms with Gasteiger partial charge in [0.2, 0.25) is 0 Å². The van der Waals surface area contributed by atoms with Gasteiger partial charge >= 0.3 is 0 Å². The Hall–Kier alpha value is -0.120. The molecule has 1 atom stereocenters. The summed E-state index contributed by atoms with van der Waals surface area (Å²) >= 11 is 0. The van der Waals surface area contributed by atoms with Crippen molar-refractivity contribution in [3.63, 3.8) is 0 Å². The fraction of sp³-hybridized carbons (Fsp3) is 1.00. The summed E-state index contributed by atoms with van der Waals surface area (Å²) in [7, 11) is 0. The largest absolute Gasteiger partial charge is 0.330 e. The predicted molar refractivity (Wildman–Crippen MR) is 36.8 cm³/mol. The average molecular weight is 128 g/mol. The van der Waals surface area contributed by atoms with Gasteiger partial charge in [0.25, 0.3) is 0 Å². The van der Waals surface area contributed by atoms with Crippen LogP contribution in [0.1, 0.15) is 19.3 Å². The van der Waals surface area contributed by atoms with Crippen molar-refractivity contribution >= 4 is 0 Å². The van der Waals surface area contributed by atoms with Crippen molar-refractivity contribution in [2.45, 2.75) is 25.3 Å². The zero-order valence-corrected chi connectivity index (χ0v) is 5.64. The van der Waals surface area contributed by atoms with Gasteiger partial charge in [-0.05, 0) is 25.8 Å². The summed E-state index contributed by atoms with van der Waals surface area (Å²) in [5.74, 6) is 0. The van der Waals surface area contributed by atoms with Crippen LogP contribution in [0, 0.1) is 0 Å². The smallest absolute Gasteiger partial charge is 0.0305 e. The highest BCUT2D eigenvalue weighted by molar-refractivity contribution is 4.68. The number of hydrogen-bond donors (Lipinski definition) is 2. The van der Waals surface area contributed by atoms with E-state index in [-0.39, 0.29) is 0 Å². The van der Waals surface area contributed by atoms with Gasteiger partial charge in [-0.2, -0.15) is 5.43 Å². The number of hydrogen-bond acceptors (Lipinski definition) is 2. The van der Waals surface area contributed by atoms with Gasteiger partial charge in [0, 0.05) is 12.6 Å². The predicted octanol–water partition coefficient (Wildman–Crippen LogP) is -0.393. The van der Waals surface area contributed by atoms with Crippen molar-refractivity contribution in [2.75, 3.05) is 13.1 Å². The maximum absolute atomic E-state index is 5.38. The standard InChI is InChI=1S/C6H14N3/c7-4-3-6-2-1-5-8-9-6/h6,9H,1-5,7H2. The third kappa shape index (κ3) is 2.30. The summed E-state index contributed by atoms with van der Waals surface area (Å²) in [5, 5.41) is 0. The molecule has 1 saturated heterocycles. The van der Waals surface area contributed by atoms with E-state index >= 15 is 0 Å². The van der Waals surface area contributed by atoms with E-state index in [9.17, 15) is 0 Å². The second-order valence-electron chi connectivity index (χ2n) is 2.43. The van der Waals surface area contributed by atoms with E-state index in [4.69, 9.17) is 5.73 Å². The molecular weight excluding hydrogens is 114 g/mol. The first-order chi connectivity index (χ1) is 4.43. The molecule has 0 aromatic rings. The van der Waals surface area contributed by atoms with Crippen LogP contribution in [0.2, 0.25) is 0 Å². The van der Waals surface area contributed by atoms with Gasteiger partial charge in [-0.1, -0.05) is 0 Å². The molecule has 0 aromatic carbocycles. The maximum Gasteiger partial charge on any atom is 0.0305 e. The molecule has 9 heavy (non-hydrogen) atoms. The Morgan fingerprint density at radius 2 is 2.56 bits per heavy atom. The first-order valence-corrected chi connectivity index (χ1v) is 3.55. The highest BCUT2D eigenvalue weighted by Gasteiger charge is 2.10. The van der Waals surface area contributed by atoms with Crippen molar-refractivity contribution in [1.82, 2.24) is 10.9 Å². The van der Waals surface area contributed by atoms with Gasteiger partial charge in [-0.3, -0.25) is 0 Å². The number of nitrogens with one attached hydrogen (secondary N) is 1. The van der Waals surface area contributed by atoms with E-state index in [0.717, 1.165) is 19.5 Å². The molecule has 1 radical (unpaired) electrons. The molecule has 3 heteroatoms. The Labute approximate surface area is 56.0 Å². The Kier molecular flexibility index (Phi) is 2.97. The van der Waals surface area contributed by atoms with Crippen molar-refractivity contribution < 1.29 is 0 Å². The summed E-state index contributed by atoms with van der Waals surface area (Å²) in [6, 6.07) is 0.559. The van der Waals surface area contributed by atoms with Crippen LogP contribution in [0.5, 0.6) is 0 Å². The fourth-order valence-electron chi connectivity index (χ4n) is 1.09. The molecule has 53 valence electrons. The third-order valence-corrected chi connectivity index (χ3v) is 1.61. The Bertz CT molecular complexity index is 65.9. The van der Waals surface area contributed by atoms with E-state index in [1.165, 1.54) is 12.8 Å². The molecule has 0 amide bonds. The monoisotopic (exact) mass is 128 g/mol. The molecule has 3 N–H and O–H groups in total. The third-order valence-electron chi connectivity index (χ3n) is 1.61. The maximum atomic E-state index is 5.38. The van der Waals surface area contributed by atoms with Crippen LogP contribution in [0.25, 0.3) is 0 Å². The van der Waals surface area contributed by atoms with E-state index in [1.807, 2.05) is 0 Å². The molecule has 0 aromatic heterocycles. The molecule has 0 aliphatic carbocycles. The van der Waals surface area contributed by atoms with Crippen LogP contribution < -0.4 is 16.6 Å². The van der Waals surface area contributed by atoms with Crippen LogP contribution >= 0.6 is 0 Å². The van der Waals surface area contributed by atoms with Gasteiger partial charge in [-0.25, -0.2) is 5.43 Å². The zero-order chi connectivity index (χ0) is 6.53. The molecule has 1 unspecified atom stereocenters. The second-order valence-corrected chi connectivity index (χ2v) is 2.43. The molecular formula is C6H14N3. The lowest BCUT2D eigenvalue weighted by Crippen LogP contribution is -2.41. The molecule has 1 aliphatic rings. The van der Waals surface area contributed by atoms with Crippen LogP contribution in [0.15, 0.2) is 0 Å². The lowest BCUT2D eigenvalue weighted by Gasteiger charge is -2.21. The SMILES string of the molecule is NCCC1CCC[N]N1. The average Bonchev–Trinajstić information content (AvgIpc) is 1.91. The van der Waals surface area contributed by atoms with Crippen molar-refractivity contribution in [1.29, 1.82) is 0 Å². The molecule has 1 heterocycles. The second kappa shape index (κ2) is 3.82. The zero-order valence-electron chi connectivity index (χ0n) is 5.64. The van der Waals surface area contributed by atoms with Gasteiger partial charge in [-0.15, -0.1) is 0 Å². The number of nitrogens with zero attached hydrogens (tertiary/aromatic N) is 1. The number of nitrogens with two attached hydrogens (primary N) is 1. The molecule has 0 spiro atoms. The van der Waals surface area contributed by atoms with E-state index in [1.54, 1.807) is 0 Å². The lowest BCUT2D eigenvalue weighted by atomic mass is 10.1. The Balaban J connectivity index is 2.08. The van der Waals surface area contributed by atoms with Crippen molar-refractivity contribution in [2.24, 2.45) is 5.73 Å². The Morgan fingerprint density at radius 1 is 1.67 bits per heavy atom. The van der Waals surface area contributed by atoms with Gasteiger partial charge in [0.1, 0.15) is 0 Å². The van der Waals surface area contributed by atoms with Crippen molar-refractivity contribution in [3.8, 4) is 0 Å². The van der Waals surface area contributed by atoms with Crippen molar-refractivity contribution in [3.05, 3.63) is 0 Å². The highest BCUT2D eigenvalue weighted by Crippen LogP contribution is 2.03. The minimum Gasteiger partial charge on any atom is -0.330 e. The molecule has 0 bridgehead atoms. The van der Waals surface area contributed by atoms with Crippen LogP contribution in [-0.2, 0) is 0 Å².